The smallest absolute Gasteiger partial charge is 0.149 e. The maximum absolute atomic E-state index is 13.6. The number of aromatic amines is 1. The van der Waals surface area contributed by atoms with Crippen LogP contribution in [0.2, 0.25) is 0 Å². The van der Waals surface area contributed by atoms with Crippen LogP contribution in [0, 0.1) is 17.1 Å². The van der Waals surface area contributed by atoms with E-state index < -0.39 is 0 Å². The van der Waals surface area contributed by atoms with Gasteiger partial charge in [0.25, 0.3) is 0 Å². The van der Waals surface area contributed by atoms with Gasteiger partial charge >= 0.3 is 0 Å². The highest BCUT2D eigenvalue weighted by Gasteiger charge is 2.13. The lowest BCUT2D eigenvalue weighted by Crippen LogP contribution is -1.98. The Hall–Kier alpha value is -3.95. The van der Waals surface area contributed by atoms with E-state index in [1.54, 1.807) is 12.1 Å². The number of rotatable bonds is 5. The van der Waals surface area contributed by atoms with Crippen molar-refractivity contribution in [1.29, 1.82) is 5.26 Å². The van der Waals surface area contributed by atoms with Crippen LogP contribution in [0.3, 0.4) is 0 Å². The molecule has 0 saturated heterocycles. The van der Waals surface area contributed by atoms with E-state index in [1.165, 1.54) is 12.1 Å². The number of imidazole rings is 1. The van der Waals surface area contributed by atoms with Gasteiger partial charge in [-0.3, -0.25) is 0 Å². The molecule has 4 aromatic carbocycles. The molecule has 6 heteroatoms. The third kappa shape index (κ3) is 4.36. The van der Waals surface area contributed by atoms with Crippen molar-refractivity contribution in [1.82, 2.24) is 9.97 Å². The molecule has 5 aromatic rings. The van der Waals surface area contributed by atoms with E-state index in [-0.39, 0.29) is 5.82 Å². The van der Waals surface area contributed by atoms with Gasteiger partial charge in [-0.2, -0.15) is 5.26 Å². The normalized spacial score (nSPS) is 11.6. The molecule has 5 rings (SSSR count). The molecule has 1 N–H and O–H groups in total. The van der Waals surface area contributed by atoms with Crippen LogP contribution in [-0.2, 0) is 6.61 Å². The van der Waals surface area contributed by atoms with Gasteiger partial charge in [0.2, 0.25) is 0 Å². The van der Waals surface area contributed by atoms with Crippen molar-refractivity contribution in [2.24, 2.45) is 0 Å². The molecule has 0 bridgehead atoms. The van der Waals surface area contributed by atoms with Crippen LogP contribution in [0.4, 0.5) is 4.39 Å². The lowest BCUT2D eigenvalue weighted by molar-refractivity contribution is 0.306. The lowest BCUT2D eigenvalue weighted by atomic mass is 10.0. The predicted molar refractivity (Wildman–Crippen MR) is 132 cm³/mol. The van der Waals surface area contributed by atoms with Crippen LogP contribution in [-0.4, -0.2) is 9.97 Å². The van der Waals surface area contributed by atoms with E-state index in [0.29, 0.717) is 34.8 Å². The minimum atomic E-state index is -0.363. The third-order valence-corrected chi connectivity index (χ3v) is 5.88. The van der Waals surface area contributed by atoms with Crippen molar-refractivity contribution in [3.05, 3.63) is 106 Å². The number of H-pyrrole nitrogens is 1. The number of nitriles is 1. The first kappa shape index (κ1) is 20.9. The fourth-order valence-corrected chi connectivity index (χ4v) is 3.96. The molecule has 0 spiro atoms. The summed E-state index contributed by atoms with van der Waals surface area (Å²) in [5, 5.41) is 11.9. The largest absolute Gasteiger partial charge is 0.488 e. The molecule has 0 unspecified atom stereocenters. The number of nitrogens with zero attached hydrogens (tertiary/aromatic N) is 2. The molecule has 0 aliphatic heterocycles. The van der Waals surface area contributed by atoms with Gasteiger partial charge in [0.05, 0.1) is 16.6 Å². The Balaban J connectivity index is 1.59. The van der Waals surface area contributed by atoms with Crippen LogP contribution in [0.25, 0.3) is 33.5 Å². The average molecular weight is 498 g/mol. The van der Waals surface area contributed by atoms with Gasteiger partial charge < -0.3 is 9.72 Å². The quantitative estimate of drug-likeness (QED) is 0.260. The number of hydrogen-bond acceptors (Lipinski definition) is 3. The number of allylic oxidation sites excluding steroid dienone is 1. The first-order chi connectivity index (χ1) is 16.1. The highest BCUT2D eigenvalue weighted by Crippen LogP contribution is 2.32. The monoisotopic (exact) mass is 497 g/mol. The summed E-state index contributed by atoms with van der Waals surface area (Å²) < 4.78 is 20.8. The molecular formula is C27H17BrFN3O. The summed E-state index contributed by atoms with van der Waals surface area (Å²) in [6.45, 7) is 0.387. The molecular weight excluding hydrogens is 481 g/mol. The second-order valence-corrected chi connectivity index (χ2v) is 8.45. The zero-order valence-electron chi connectivity index (χ0n) is 17.3. The summed E-state index contributed by atoms with van der Waals surface area (Å²) in [6.07, 6.45) is 1.77. The Morgan fingerprint density at radius 1 is 1.06 bits per heavy atom. The molecule has 160 valence electrons. The molecule has 0 saturated carbocycles. The van der Waals surface area contributed by atoms with E-state index in [9.17, 15) is 9.65 Å². The first-order valence-corrected chi connectivity index (χ1v) is 11.1. The Labute approximate surface area is 198 Å². The van der Waals surface area contributed by atoms with Crippen molar-refractivity contribution in [2.75, 3.05) is 0 Å². The van der Waals surface area contributed by atoms with Gasteiger partial charge in [-0.05, 0) is 58.8 Å². The SMILES string of the molecule is N#C/C(=C/c1c(OCc2ccc(Br)cc2)ccc2ccccc12)c1nc2ccc(F)cc2[nH]1. The van der Waals surface area contributed by atoms with Gasteiger partial charge in [-0.15, -0.1) is 0 Å². The number of nitrogens with one attached hydrogen (secondary N) is 1. The molecule has 1 heterocycles. The minimum Gasteiger partial charge on any atom is -0.488 e. The van der Waals surface area contributed by atoms with Crippen molar-refractivity contribution in [2.45, 2.75) is 6.61 Å². The average Bonchev–Trinajstić information content (AvgIpc) is 3.25. The Morgan fingerprint density at radius 3 is 2.70 bits per heavy atom. The van der Waals surface area contributed by atoms with Crippen molar-refractivity contribution in [3.63, 3.8) is 0 Å². The molecule has 0 radical (unpaired) electrons. The van der Waals surface area contributed by atoms with E-state index in [0.717, 1.165) is 26.4 Å². The molecule has 0 aliphatic rings. The van der Waals surface area contributed by atoms with Crippen LogP contribution >= 0.6 is 15.9 Å². The van der Waals surface area contributed by atoms with Crippen LogP contribution < -0.4 is 4.74 Å². The summed E-state index contributed by atoms with van der Waals surface area (Å²) in [5.74, 6) is 0.675. The molecule has 0 atom stereocenters. The number of halogens is 2. The fraction of sp³-hybridized carbons (Fsp3) is 0.0370. The summed E-state index contributed by atoms with van der Waals surface area (Å²) in [6, 6.07) is 26.3. The molecule has 4 nitrogen and oxygen atoms in total. The number of fused-ring (bicyclic) bond motifs is 2. The molecule has 1 aromatic heterocycles. The van der Waals surface area contributed by atoms with E-state index in [1.807, 2.05) is 60.7 Å². The van der Waals surface area contributed by atoms with Gasteiger partial charge in [-0.25, -0.2) is 9.37 Å². The highest BCUT2D eigenvalue weighted by atomic mass is 79.9. The molecule has 0 fully saturated rings. The second kappa shape index (κ2) is 8.89. The predicted octanol–water partition coefficient (Wildman–Crippen LogP) is 7.26. The summed E-state index contributed by atoms with van der Waals surface area (Å²) >= 11 is 3.45. The van der Waals surface area contributed by atoms with E-state index in [4.69, 9.17) is 4.74 Å². The maximum Gasteiger partial charge on any atom is 0.149 e. The topological polar surface area (TPSA) is 61.7 Å². The Morgan fingerprint density at radius 2 is 1.88 bits per heavy atom. The number of hydrogen-bond donors (Lipinski definition) is 1. The second-order valence-electron chi connectivity index (χ2n) is 7.53. The zero-order valence-corrected chi connectivity index (χ0v) is 18.9. The van der Waals surface area contributed by atoms with Crippen molar-refractivity contribution in [3.8, 4) is 11.8 Å². The van der Waals surface area contributed by atoms with Crippen molar-refractivity contribution >= 4 is 49.4 Å². The lowest BCUT2D eigenvalue weighted by Gasteiger charge is -2.13. The summed E-state index contributed by atoms with van der Waals surface area (Å²) in [4.78, 5) is 7.53. The van der Waals surface area contributed by atoms with Crippen LogP contribution in [0.15, 0.2) is 83.3 Å². The van der Waals surface area contributed by atoms with Gasteiger partial charge in [0.15, 0.2) is 0 Å². The van der Waals surface area contributed by atoms with E-state index in [2.05, 4.69) is 32.0 Å². The maximum atomic E-state index is 13.6. The third-order valence-electron chi connectivity index (χ3n) is 5.35. The van der Waals surface area contributed by atoms with E-state index >= 15 is 0 Å². The fourth-order valence-electron chi connectivity index (χ4n) is 3.70. The van der Waals surface area contributed by atoms with Crippen LogP contribution in [0.5, 0.6) is 5.75 Å². The summed E-state index contributed by atoms with van der Waals surface area (Å²) in [7, 11) is 0. The standard InChI is InChI=1S/C27H17BrFN3O/c28-20-8-5-17(6-9-20)16-33-26-12-7-18-3-1-2-4-22(18)23(26)13-19(15-30)27-31-24-11-10-21(29)14-25(24)32-27/h1-14H,16H2,(H,31,32)/b19-13-. The van der Waals surface area contributed by atoms with Gasteiger partial charge in [0, 0.05) is 10.0 Å². The molecule has 0 aliphatic carbocycles. The number of aromatic nitrogens is 2. The van der Waals surface area contributed by atoms with Crippen LogP contribution in [0.1, 0.15) is 17.0 Å². The van der Waals surface area contributed by atoms with Crippen molar-refractivity contribution < 1.29 is 9.13 Å². The molecule has 0 amide bonds. The summed E-state index contributed by atoms with van der Waals surface area (Å²) in [5.41, 5.74) is 3.28. The van der Waals surface area contributed by atoms with Gasteiger partial charge in [-0.1, -0.05) is 58.4 Å². The zero-order chi connectivity index (χ0) is 22.8. The minimum absolute atomic E-state index is 0.330. The highest BCUT2D eigenvalue weighted by molar-refractivity contribution is 9.10. The first-order valence-electron chi connectivity index (χ1n) is 10.3. The molecule has 33 heavy (non-hydrogen) atoms. The number of ether oxygens (including phenoxy) is 1. The number of benzene rings is 4. The van der Waals surface area contributed by atoms with Gasteiger partial charge in [0.1, 0.15) is 30.1 Å². The Bertz CT molecular complexity index is 1550. The Kier molecular flexibility index (Phi) is 5.64.